The molecular weight excluding hydrogens is 342 g/mol. The van der Waals surface area contributed by atoms with E-state index in [2.05, 4.69) is 10.1 Å². The number of ketones is 1. The Morgan fingerprint density at radius 2 is 1.81 bits per heavy atom. The second-order valence-corrected chi connectivity index (χ2v) is 6.43. The standard InChI is InChI=1S/C21H17N3O3/c1-13-5-3-4-6-18(13)15-7-9-16(10-8-15)21(26)24-12-17(25)11-19(24)20-22-14(2)23-27-20/h3-11H,12H2,1-2H3. The summed E-state index contributed by atoms with van der Waals surface area (Å²) < 4.78 is 5.13. The summed E-state index contributed by atoms with van der Waals surface area (Å²) in [4.78, 5) is 30.3. The summed E-state index contributed by atoms with van der Waals surface area (Å²) in [6.07, 6.45) is 1.37. The van der Waals surface area contributed by atoms with Crippen molar-refractivity contribution in [3.8, 4) is 11.1 Å². The molecule has 0 unspecified atom stereocenters. The molecule has 27 heavy (non-hydrogen) atoms. The van der Waals surface area contributed by atoms with Crippen molar-refractivity contribution in [3.63, 3.8) is 0 Å². The second kappa shape index (κ2) is 6.64. The van der Waals surface area contributed by atoms with E-state index in [1.807, 2.05) is 43.3 Å². The van der Waals surface area contributed by atoms with E-state index in [0.717, 1.165) is 11.1 Å². The first-order valence-corrected chi connectivity index (χ1v) is 8.56. The van der Waals surface area contributed by atoms with Crippen LogP contribution in [0, 0.1) is 13.8 Å². The number of benzene rings is 2. The summed E-state index contributed by atoms with van der Waals surface area (Å²) in [7, 11) is 0. The van der Waals surface area contributed by atoms with Gasteiger partial charge in [-0.2, -0.15) is 4.98 Å². The number of rotatable bonds is 3. The number of hydrogen-bond donors (Lipinski definition) is 0. The molecule has 6 nitrogen and oxygen atoms in total. The lowest BCUT2D eigenvalue weighted by molar-refractivity contribution is -0.113. The van der Waals surface area contributed by atoms with E-state index in [9.17, 15) is 9.59 Å². The molecule has 3 aromatic rings. The van der Waals surface area contributed by atoms with Gasteiger partial charge in [0.2, 0.25) is 0 Å². The van der Waals surface area contributed by atoms with Crippen molar-refractivity contribution in [1.29, 1.82) is 0 Å². The number of carbonyl (C=O) groups excluding carboxylic acids is 2. The third kappa shape index (κ3) is 3.17. The van der Waals surface area contributed by atoms with E-state index in [4.69, 9.17) is 4.52 Å². The molecule has 1 aliphatic heterocycles. The molecule has 2 heterocycles. The van der Waals surface area contributed by atoms with Gasteiger partial charge in [0.1, 0.15) is 5.70 Å². The van der Waals surface area contributed by atoms with Crippen LogP contribution in [0.3, 0.4) is 0 Å². The van der Waals surface area contributed by atoms with Crippen molar-refractivity contribution in [1.82, 2.24) is 15.0 Å². The van der Waals surface area contributed by atoms with Crippen molar-refractivity contribution in [3.05, 3.63) is 77.4 Å². The zero-order valence-corrected chi connectivity index (χ0v) is 15.0. The number of amides is 1. The van der Waals surface area contributed by atoms with Crippen molar-refractivity contribution < 1.29 is 14.1 Å². The average Bonchev–Trinajstić information content (AvgIpc) is 3.27. The number of hydrogen-bond acceptors (Lipinski definition) is 5. The lowest BCUT2D eigenvalue weighted by Crippen LogP contribution is -2.29. The van der Waals surface area contributed by atoms with Gasteiger partial charge in [-0.3, -0.25) is 14.5 Å². The van der Waals surface area contributed by atoms with Gasteiger partial charge in [-0.25, -0.2) is 0 Å². The quantitative estimate of drug-likeness (QED) is 0.716. The van der Waals surface area contributed by atoms with Crippen molar-refractivity contribution in [2.75, 3.05) is 6.54 Å². The van der Waals surface area contributed by atoms with Crippen LogP contribution in [0.25, 0.3) is 16.8 Å². The predicted octanol–water partition coefficient (Wildman–Crippen LogP) is 3.42. The topological polar surface area (TPSA) is 76.3 Å². The molecular formula is C21H17N3O3. The lowest BCUT2D eigenvalue weighted by Gasteiger charge is -2.17. The monoisotopic (exact) mass is 359 g/mol. The van der Waals surface area contributed by atoms with Gasteiger partial charge in [0, 0.05) is 11.6 Å². The minimum atomic E-state index is -0.278. The first-order valence-electron chi connectivity index (χ1n) is 8.56. The van der Waals surface area contributed by atoms with Crippen LogP contribution < -0.4 is 0 Å². The van der Waals surface area contributed by atoms with Gasteiger partial charge < -0.3 is 4.52 Å². The van der Waals surface area contributed by atoms with E-state index >= 15 is 0 Å². The Hall–Kier alpha value is -3.54. The molecule has 0 aliphatic carbocycles. The summed E-state index contributed by atoms with van der Waals surface area (Å²) >= 11 is 0. The minimum Gasteiger partial charge on any atom is -0.332 e. The third-order valence-corrected chi connectivity index (χ3v) is 4.48. The molecule has 0 radical (unpaired) electrons. The molecule has 0 N–H and O–H groups in total. The third-order valence-electron chi connectivity index (χ3n) is 4.48. The fourth-order valence-electron chi connectivity index (χ4n) is 3.12. The molecule has 1 aliphatic rings. The maximum Gasteiger partial charge on any atom is 0.274 e. The lowest BCUT2D eigenvalue weighted by atomic mass is 9.99. The molecule has 0 fully saturated rings. The van der Waals surface area contributed by atoms with Gasteiger partial charge in [-0.15, -0.1) is 0 Å². The van der Waals surface area contributed by atoms with Gasteiger partial charge in [0.25, 0.3) is 11.8 Å². The first-order chi connectivity index (χ1) is 13.0. The predicted molar refractivity (Wildman–Crippen MR) is 99.7 cm³/mol. The SMILES string of the molecule is Cc1noc(C2=CC(=O)CN2C(=O)c2ccc(-c3ccccc3C)cc2)n1. The first kappa shape index (κ1) is 16.9. The minimum absolute atomic E-state index is 0.0326. The molecule has 0 spiro atoms. The van der Waals surface area contributed by atoms with Crippen molar-refractivity contribution >= 4 is 17.4 Å². The molecule has 0 bridgehead atoms. The summed E-state index contributed by atoms with van der Waals surface area (Å²) in [6, 6.07) is 15.4. The number of aryl methyl sites for hydroxylation is 2. The molecule has 2 aromatic carbocycles. The fraction of sp³-hybridized carbons (Fsp3) is 0.143. The Morgan fingerprint density at radius 3 is 2.48 bits per heavy atom. The van der Waals surface area contributed by atoms with Crippen LogP contribution in [0.15, 0.2) is 59.1 Å². The Bertz CT molecular complexity index is 1060. The second-order valence-electron chi connectivity index (χ2n) is 6.43. The zero-order valence-electron chi connectivity index (χ0n) is 15.0. The van der Waals surface area contributed by atoms with Crippen LogP contribution in [-0.2, 0) is 4.79 Å². The summed E-state index contributed by atoms with van der Waals surface area (Å²) in [5.74, 6) is 0.161. The molecule has 0 saturated heterocycles. The Balaban J connectivity index is 1.62. The zero-order chi connectivity index (χ0) is 19.0. The van der Waals surface area contributed by atoms with Crippen molar-refractivity contribution in [2.45, 2.75) is 13.8 Å². The maximum absolute atomic E-state index is 12.9. The average molecular weight is 359 g/mol. The van der Waals surface area contributed by atoms with Gasteiger partial charge in [-0.1, -0.05) is 41.6 Å². The van der Waals surface area contributed by atoms with E-state index in [0.29, 0.717) is 17.1 Å². The van der Waals surface area contributed by atoms with E-state index < -0.39 is 0 Å². The van der Waals surface area contributed by atoms with E-state index in [-0.39, 0.29) is 24.1 Å². The van der Waals surface area contributed by atoms with E-state index in [1.165, 1.54) is 16.5 Å². The molecule has 1 aromatic heterocycles. The number of carbonyl (C=O) groups is 2. The highest BCUT2D eigenvalue weighted by molar-refractivity contribution is 6.10. The highest BCUT2D eigenvalue weighted by Gasteiger charge is 2.31. The molecule has 1 amide bonds. The fourth-order valence-corrected chi connectivity index (χ4v) is 3.12. The van der Waals surface area contributed by atoms with Gasteiger partial charge in [-0.05, 0) is 42.7 Å². The van der Waals surface area contributed by atoms with Crippen LogP contribution in [0.1, 0.15) is 27.6 Å². The van der Waals surface area contributed by atoms with Gasteiger partial charge >= 0.3 is 0 Å². The molecule has 6 heteroatoms. The van der Waals surface area contributed by atoms with Gasteiger partial charge in [0.05, 0.1) is 6.54 Å². The van der Waals surface area contributed by atoms with E-state index in [1.54, 1.807) is 19.1 Å². The smallest absolute Gasteiger partial charge is 0.274 e. The Morgan fingerprint density at radius 1 is 1.07 bits per heavy atom. The van der Waals surface area contributed by atoms with Crippen LogP contribution in [0.4, 0.5) is 0 Å². The van der Waals surface area contributed by atoms with Crippen LogP contribution in [0.5, 0.6) is 0 Å². The molecule has 0 atom stereocenters. The molecule has 4 rings (SSSR count). The molecule has 134 valence electrons. The normalized spacial score (nSPS) is 13.8. The van der Waals surface area contributed by atoms with Crippen LogP contribution in [0.2, 0.25) is 0 Å². The Kier molecular flexibility index (Phi) is 4.16. The maximum atomic E-state index is 12.9. The highest BCUT2D eigenvalue weighted by atomic mass is 16.5. The van der Waals surface area contributed by atoms with Crippen molar-refractivity contribution in [2.24, 2.45) is 0 Å². The largest absolute Gasteiger partial charge is 0.332 e. The number of nitrogens with zero attached hydrogens (tertiary/aromatic N) is 3. The summed E-state index contributed by atoms with van der Waals surface area (Å²) in [6.45, 7) is 3.70. The summed E-state index contributed by atoms with van der Waals surface area (Å²) in [5.41, 5.74) is 4.15. The summed E-state index contributed by atoms with van der Waals surface area (Å²) in [5, 5.41) is 3.73. The van der Waals surface area contributed by atoms with Gasteiger partial charge in [0.15, 0.2) is 11.6 Å². The van der Waals surface area contributed by atoms with Crippen LogP contribution in [-0.4, -0.2) is 33.3 Å². The highest BCUT2D eigenvalue weighted by Crippen LogP contribution is 2.27. The number of aromatic nitrogens is 2. The Labute approximate surface area is 156 Å². The van der Waals surface area contributed by atoms with Crippen LogP contribution >= 0.6 is 0 Å². The molecule has 0 saturated carbocycles.